The predicted octanol–water partition coefficient (Wildman–Crippen LogP) is 0.0553. The van der Waals surface area contributed by atoms with Crippen LogP contribution in [0.4, 0.5) is 0 Å². The molecule has 0 aliphatic carbocycles. The van der Waals surface area contributed by atoms with E-state index in [1.165, 1.54) is 7.11 Å². The Labute approximate surface area is 69.9 Å². The first-order valence-electron chi connectivity index (χ1n) is 3.40. The number of ether oxygens (including phenoxy) is 1. The van der Waals surface area contributed by atoms with Crippen molar-refractivity contribution < 1.29 is 19.1 Å². The third kappa shape index (κ3) is 3.63. The van der Waals surface area contributed by atoms with Gasteiger partial charge in [-0.3, -0.25) is 9.59 Å². The monoisotopic (exact) mass is 170 g/mol. The molecule has 0 spiro atoms. The molecule has 0 aromatic rings. The molecule has 0 unspecified atom stereocenters. The van der Waals surface area contributed by atoms with E-state index in [1.807, 2.05) is 0 Å². The smallest absolute Gasteiger partial charge is 0.323 e. The summed E-state index contributed by atoms with van der Waals surface area (Å²) in [6.45, 7) is 1.56. The van der Waals surface area contributed by atoms with Gasteiger partial charge in [0.15, 0.2) is 0 Å². The minimum Gasteiger partial charge on any atom is -0.469 e. The van der Waals surface area contributed by atoms with Crippen LogP contribution in [0.25, 0.3) is 5.53 Å². The Morgan fingerprint density at radius 3 is 2.67 bits per heavy atom. The molecule has 66 valence electrons. The summed E-state index contributed by atoms with van der Waals surface area (Å²) in [6, 6.07) is 0. The molecule has 0 bridgehead atoms. The lowest BCUT2D eigenvalue weighted by Crippen LogP contribution is -2.17. The molecule has 0 aromatic heterocycles. The van der Waals surface area contributed by atoms with Gasteiger partial charge in [-0.2, -0.15) is 4.79 Å². The van der Waals surface area contributed by atoms with Crippen molar-refractivity contribution in [3.05, 3.63) is 5.53 Å². The zero-order valence-corrected chi connectivity index (χ0v) is 6.98. The highest BCUT2D eigenvalue weighted by molar-refractivity contribution is 6.25. The summed E-state index contributed by atoms with van der Waals surface area (Å²) in [5.74, 6) is -1.36. The largest absolute Gasteiger partial charge is 0.469 e. The molecule has 5 heteroatoms. The number of hydrogen-bond acceptors (Lipinski definition) is 3. The number of Topliss-reactive ketones (excluding diaryl/α,β-unsaturated/α-hetero) is 1. The highest BCUT2D eigenvalue weighted by Crippen LogP contribution is 2.03. The van der Waals surface area contributed by atoms with Crippen LogP contribution in [0.5, 0.6) is 0 Å². The van der Waals surface area contributed by atoms with Crippen LogP contribution in [0.3, 0.4) is 0 Å². The molecule has 0 aliphatic heterocycles. The second-order valence-electron chi connectivity index (χ2n) is 2.34. The van der Waals surface area contributed by atoms with E-state index in [9.17, 15) is 9.59 Å². The van der Waals surface area contributed by atoms with Gasteiger partial charge in [0.25, 0.3) is 0 Å². The number of carbonyl (C=O) groups is 2. The van der Waals surface area contributed by atoms with Gasteiger partial charge in [-0.25, -0.2) is 0 Å². The average Bonchev–Trinajstić information content (AvgIpc) is 2.03. The Balaban J connectivity index is 4.00. The van der Waals surface area contributed by atoms with Crippen LogP contribution in [-0.2, 0) is 14.3 Å². The van der Waals surface area contributed by atoms with Crippen molar-refractivity contribution in [1.29, 1.82) is 0 Å². The van der Waals surface area contributed by atoms with E-state index in [-0.39, 0.29) is 6.42 Å². The number of methoxy groups -OCH3 is 1. The average molecular weight is 170 g/mol. The minimum atomic E-state index is -0.500. The maximum Gasteiger partial charge on any atom is 0.323 e. The number of ketones is 1. The first-order valence-corrected chi connectivity index (χ1v) is 3.40. The van der Waals surface area contributed by atoms with Crippen molar-refractivity contribution in [1.82, 2.24) is 0 Å². The van der Waals surface area contributed by atoms with E-state index >= 15 is 0 Å². The van der Waals surface area contributed by atoms with Crippen LogP contribution < -0.4 is 0 Å². The van der Waals surface area contributed by atoms with E-state index in [1.54, 1.807) is 6.92 Å². The lowest BCUT2D eigenvalue weighted by Gasteiger charge is -2.03. The van der Waals surface area contributed by atoms with Crippen LogP contribution in [0.2, 0.25) is 0 Å². The molecule has 0 fully saturated rings. The lowest BCUT2D eigenvalue weighted by atomic mass is 10.1. The van der Waals surface area contributed by atoms with Crippen molar-refractivity contribution in [2.24, 2.45) is 5.92 Å². The molecule has 12 heavy (non-hydrogen) atoms. The van der Waals surface area contributed by atoms with Gasteiger partial charge in [0, 0.05) is 6.42 Å². The number of hydrogen-bond donors (Lipinski definition) is 0. The minimum absolute atomic E-state index is 0.00324. The molecule has 5 nitrogen and oxygen atoms in total. The van der Waals surface area contributed by atoms with Crippen LogP contribution in [0.15, 0.2) is 0 Å². The molecular formula is C7H10N2O3. The standard InChI is InChI=1S/C7H10N2O3/c1-5(7(11)12-2)3-6(10)4-9-8/h4-5H,3H2,1-2H3/t5-/m0/s1. The zero-order valence-electron chi connectivity index (χ0n) is 6.98. The molecular weight excluding hydrogens is 160 g/mol. The maximum absolute atomic E-state index is 10.8. The zero-order chi connectivity index (χ0) is 9.56. The van der Waals surface area contributed by atoms with Crippen LogP contribution in [0, 0.1) is 5.92 Å². The first-order chi connectivity index (χ1) is 5.61. The topological polar surface area (TPSA) is 79.8 Å². The van der Waals surface area contributed by atoms with Crippen LogP contribution >= 0.6 is 0 Å². The van der Waals surface area contributed by atoms with Gasteiger partial charge in [-0.05, 0) is 0 Å². The summed E-state index contributed by atoms with van der Waals surface area (Å²) in [7, 11) is 1.25. The number of esters is 1. The Morgan fingerprint density at radius 2 is 2.25 bits per heavy atom. The fourth-order valence-corrected chi connectivity index (χ4v) is 0.703. The van der Waals surface area contributed by atoms with Gasteiger partial charge in [-0.1, -0.05) is 6.92 Å². The quantitative estimate of drug-likeness (QED) is 0.259. The molecule has 0 amide bonds. The Morgan fingerprint density at radius 1 is 1.67 bits per heavy atom. The Bertz CT molecular complexity index is 231. The van der Waals surface area contributed by atoms with E-state index in [2.05, 4.69) is 9.53 Å². The number of nitrogens with zero attached hydrogens (tertiary/aromatic N) is 2. The van der Waals surface area contributed by atoms with Gasteiger partial charge in [-0.15, -0.1) is 0 Å². The normalized spacial score (nSPS) is 11.2. The van der Waals surface area contributed by atoms with Crippen LogP contribution in [0.1, 0.15) is 13.3 Å². The van der Waals surface area contributed by atoms with Gasteiger partial charge in [0.05, 0.1) is 13.0 Å². The summed E-state index contributed by atoms with van der Waals surface area (Å²) < 4.78 is 4.39. The van der Waals surface area contributed by atoms with Gasteiger partial charge < -0.3 is 10.3 Å². The maximum atomic E-state index is 10.8. The summed E-state index contributed by atoms with van der Waals surface area (Å²) >= 11 is 0. The number of rotatable bonds is 4. The molecule has 0 rings (SSSR count). The first kappa shape index (κ1) is 10.5. The van der Waals surface area contributed by atoms with Crippen molar-refractivity contribution in [2.45, 2.75) is 13.3 Å². The van der Waals surface area contributed by atoms with Crippen molar-refractivity contribution >= 4 is 18.0 Å². The third-order valence-electron chi connectivity index (χ3n) is 1.31. The molecule has 0 saturated carbocycles. The summed E-state index contributed by atoms with van der Waals surface area (Å²) in [5, 5.41) is 0. The number of carbonyl (C=O) groups excluding carboxylic acids is 2. The Kier molecular flexibility index (Phi) is 4.57. The SMILES string of the molecule is COC(=O)[C@@H](C)CC(=O)C=[N+]=[N-]. The molecule has 0 aromatic carbocycles. The van der Waals surface area contributed by atoms with E-state index in [0.29, 0.717) is 0 Å². The highest BCUT2D eigenvalue weighted by Gasteiger charge is 2.17. The van der Waals surface area contributed by atoms with E-state index in [0.717, 1.165) is 6.21 Å². The Hall–Kier alpha value is -1.48. The van der Waals surface area contributed by atoms with Crippen molar-refractivity contribution in [3.63, 3.8) is 0 Å². The van der Waals surface area contributed by atoms with Crippen molar-refractivity contribution in [2.75, 3.05) is 7.11 Å². The molecule has 0 N–H and O–H groups in total. The fourth-order valence-electron chi connectivity index (χ4n) is 0.703. The van der Waals surface area contributed by atoms with Gasteiger partial charge >= 0.3 is 12.2 Å². The second-order valence-corrected chi connectivity index (χ2v) is 2.34. The highest BCUT2D eigenvalue weighted by atomic mass is 16.5. The van der Waals surface area contributed by atoms with Gasteiger partial charge in [0.1, 0.15) is 0 Å². The predicted molar refractivity (Wildman–Crippen MR) is 40.5 cm³/mol. The fraction of sp³-hybridized carbons (Fsp3) is 0.571. The van der Waals surface area contributed by atoms with Crippen LogP contribution in [-0.4, -0.2) is 29.9 Å². The van der Waals surface area contributed by atoms with E-state index < -0.39 is 17.7 Å². The third-order valence-corrected chi connectivity index (χ3v) is 1.31. The molecule has 0 saturated heterocycles. The second kappa shape index (κ2) is 5.21. The van der Waals surface area contributed by atoms with Gasteiger partial charge in [0.2, 0.25) is 5.78 Å². The molecule has 0 heterocycles. The lowest BCUT2D eigenvalue weighted by molar-refractivity contribution is -0.146. The summed E-state index contributed by atoms with van der Waals surface area (Å²) in [5.41, 5.74) is 7.98. The molecule has 1 atom stereocenters. The molecule has 0 radical (unpaired) electrons. The molecule has 0 aliphatic rings. The van der Waals surface area contributed by atoms with E-state index in [4.69, 9.17) is 5.53 Å². The summed E-state index contributed by atoms with van der Waals surface area (Å²) in [4.78, 5) is 24.1. The summed E-state index contributed by atoms with van der Waals surface area (Å²) in [6.07, 6.45) is 0.760. The van der Waals surface area contributed by atoms with Crippen molar-refractivity contribution in [3.8, 4) is 0 Å².